The first-order valence-corrected chi connectivity index (χ1v) is 4.73. The second-order valence-electron chi connectivity index (χ2n) is 4.29. The van der Waals surface area contributed by atoms with Crippen LogP contribution < -0.4 is 5.73 Å². The molecule has 2 fully saturated rings. The zero-order valence-corrected chi connectivity index (χ0v) is 7.59. The molecule has 0 radical (unpaired) electrons. The molecule has 5 unspecified atom stereocenters. The fourth-order valence-electron chi connectivity index (χ4n) is 3.10. The number of aliphatic carboxylic acids is 2. The van der Waals surface area contributed by atoms with Gasteiger partial charge in [-0.1, -0.05) is 0 Å². The zero-order chi connectivity index (χ0) is 10.5. The Morgan fingerprint density at radius 3 is 2.14 bits per heavy atom. The summed E-state index contributed by atoms with van der Waals surface area (Å²) in [5, 5.41) is 17.9. The van der Waals surface area contributed by atoms with Crippen LogP contribution in [0.3, 0.4) is 0 Å². The zero-order valence-electron chi connectivity index (χ0n) is 7.59. The second-order valence-corrected chi connectivity index (χ2v) is 4.29. The van der Waals surface area contributed by atoms with Gasteiger partial charge in [-0.05, 0) is 24.7 Å². The third kappa shape index (κ3) is 1.12. The summed E-state index contributed by atoms with van der Waals surface area (Å²) in [6.07, 6.45) is 1.32. The van der Waals surface area contributed by atoms with Crippen LogP contribution >= 0.6 is 0 Å². The maximum atomic E-state index is 10.9. The van der Waals surface area contributed by atoms with E-state index in [9.17, 15) is 9.59 Å². The van der Waals surface area contributed by atoms with E-state index in [-0.39, 0.29) is 17.9 Å². The summed E-state index contributed by atoms with van der Waals surface area (Å²) < 4.78 is 0. The predicted molar refractivity (Wildman–Crippen MR) is 46.4 cm³/mol. The quantitative estimate of drug-likeness (QED) is 0.569. The molecule has 14 heavy (non-hydrogen) atoms. The van der Waals surface area contributed by atoms with Crippen molar-refractivity contribution in [3.05, 3.63) is 0 Å². The number of carboxylic acid groups (broad SMARTS) is 2. The van der Waals surface area contributed by atoms with E-state index in [4.69, 9.17) is 15.9 Å². The lowest BCUT2D eigenvalue weighted by Crippen LogP contribution is -2.43. The van der Waals surface area contributed by atoms with E-state index in [1.165, 1.54) is 0 Å². The van der Waals surface area contributed by atoms with Gasteiger partial charge in [0.25, 0.3) is 0 Å². The standard InChI is InChI=1S/C9H13NO4/c10-5-2-3-1-4(5)7(9(13)14)6(3)8(11)12/h3-7H,1-2,10H2,(H,11,12)(H,13,14). The number of carbonyl (C=O) groups is 2. The van der Waals surface area contributed by atoms with Crippen LogP contribution in [0.1, 0.15) is 12.8 Å². The lowest BCUT2D eigenvalue weighted by atomic mass is 9.77. The van der Waals surface area contributed by atoms with E-state index in [0.29, 0.717) is 12.8 Å². The van der Waals surface area contributed by atoms with Crippen molar-refractivity contribution < 1.29 is 19.8 Å². The summed E-state index contributed by atoms with van der Waals surface area (Å²) in [6, 6.07) is -0.128. The van der Waals surface area contributed by atoms with Gasteiger partial charge in [-0.2, -0.15) is 0 Å². The van der Waals surface area contributed by atoms with E-state index in [0.717, 1.165) is 0 Å². The van der Waals surface area contributed by atoms with Crippen LogP contribution in [0.5, 0.6) is 0 Å². The number of hydrogen-bond donors (Lipinski definition) is 3. The van der Waals surface area contributed by atoms with E-state index >= 15 is 0 Å². The van der Waals surface area contributed by atoms with Crippen LogP contribution in [0.15, 0.2) is 0 Å². The van der Waals surface area contributed by atoms with Gasteiger partial charge in [-0.3, -0.25) is 9.59 Å². The van der Waals surface area contributed by atoms with Crippen molar-refractivity contribution in [1.29, 1.82) is 0 Å². The fourth-order valence-corrected chi connectivity index (χ4v) is 3.10. The third-order valence-corrected chi connectivity index (χ3v) is 3.63. The van der Waals surface area contributed by atoms with Crippen LogP contribution in [0.25, 0.3) is 0 Å². The molecule has 0 amide bonds. The number of hydrogen-bond acceptors (Lipinski definition) is 3. The van der Waals surface area contributed by atoms with E-state index in [1.807, 2.05) is 0 Å². The van der Waals surface area contributed by atoms with Crippen molar-refractivity contribution in [3.63, 3.8) is 0 Å². The minimum atomic E-state index is -1.01. The Kier molecular flexibility index (Phi) is 1.99. The van der Waals surface area contributed by atoms with Gasteiger partial charge in [0.2, 0.25) is 0 Å². The molecule has 78 valence electrons. The molecular weight excluding hydrogens is 186 g/mol. The van der Waals surface area contributed by atoms with Crippen molar-refractivity contribution in [2.75, 3.05) is 0 Å². The smallest absolute Gasteiger partial charge is 0.307 e. The van der Waals surface area contributed by atoms with Crippen LogP contribution in [0.4, 0.5) is 0 Å². The van der Waals surface area contributed by atoms with Gasteiger partial charge in [0.15, 0.2) is 0 Å². The molecule has 0 spiro atoms. The summed E-state index contributed by atoms with van der Waals surface area (Å²) in [5.41, 5.74) is 5.75. The highest BCUT2D eigenvalue weighted by atomic mass is 16.4. The number of nitrogens with two attached hydrogens (primary N) is 1. The molecule has 2 bridgehead atoms. The molecule has 2 saturated carbocycles. The molecule has 5 nitrogen and oxygen atoms in total. The van der Waals surface area contributed by atoms with Crippen LogP contribution in [-0.2, 0) is 9.59 Å². The average molecular weight is 199 g/mol. The Bertz CT molecular complexity index is 291. The summed E-state index contributed by atoms with van der Waals surface area (Å²) in [6.45, 7) is 0. The maximum absolute atomic E-state index is 10.9. The highest BCUT2D eigenvalue weighted by Crippen LogP contribution is 2.51. The maximum Gasteiger partial charge on any atom is 0.307 e. The molecule has 2 aliphatic carbocycles. The van der Waals surface area contributed by atoms with E-state index < -0.39 is 23.8 Å². The summed E-state index contributed by atoms with van der Waals surface area (Å²) >= 11 is 0. The third-order valence-electron chi connectivity index (χ3n) is 3.63. The Morgan fingerprint density at radius 1 is 1.07 bits per heavy atom. The molecule has 0 aliphatic heterocycles. The highest BCUT2D eigenvalue weighted by Gasteiger charge is 2.57. The van der Waals surface area contributed by atoms with Crippen LogP contribution in [-0.4, -0.2) is 28.2 Å². The van der Waals surface area contributed by atoms with Crippen molar-refractivity contribution >= 4 is 11.9 Å². The SMILES string of the molecule is NC1CC2CC1C(C(=O)O)C2C(=O)O. The molecule has 2 rings (SSSR count). The molecule has 0 aromatic carbocycles. The number of rotatable bonds is 2. The highest BCUT2D eigenvalue weighted by molar-refractivity contribution is 5.81. The fraction of sp³-hybridized carbons (Fsp3) is 0.778. The summed E-state index contributed by atoms with van der Waals surface area (Å²) in [5.74, 6) is -3.68. The Balaban J connectivity index is 2.27. The van der Waals surface area contributed by atoms with Gasteiger partial charge in [0.05, 0.1) is 11.8 Å². The first-order chi connectivity index (χ1) is 6.52. The molecule has 5 heteroatoms. The molecule has 0 heterocycles. The lowest BCUT2D eigenvalue weighted by Gasteiger charge is -2.28. The first-order valence-electron chi connectivity index (χ1n) is 4.73. The molecule has 0 aromatic heterocycles. The molecular formula is C9H13NO4. The van der Waals surface area contributed by atoms with E-state index in [1.54, 1.807) is 0 Å². The number of fused-ring (bicyclic) bond motifs is 2. The Labute approximate surface area is 80.9 Å². The second kappa shape index (κ2) is 2.95. The van der Waals surface area contributed by atoms with Crippen molar-refractivity contribution in [2.24, 2.45) is 29.4 Å². The Hall–Kier alpha value is -1.10. The molecule has 0 aromatic rings. The molecule has 4 N–H and O–H groups in total. The topological polar surface area (TPSA) is 101 Å². The van der Waals surface area contributed by atoms with Gasteiger partial charge in [-0.15, -0.1) is 0 Å². The molecule has 5 atom stereocenters. The van der Waals surface area contributed by atoms with Gasteiger partial charge >= 0.3 is 11.9 Å². The van der Waals surface area contributed by atoms with Crippen LogP contribution in [0, 0.1) is 23.7 Å². The van der Waals surface area contributed by atoms with Gasteiger partial charge in [0, 0.05) is 6.04 Å². The first kappa shape index (κ1) is 9.45. The largest absolute Gasteiger partial charge is 0.481 e. The minimum Gasteiger partial charge on any atom is -0.481 e. The normalized spacial score (nSPS) is 45.4. The average Bonchev–Trinajstić information content (AvgIpc) is 2.58. The minimum absolute atomic E-state index is 0.0337. The monoisotopic (exact) mass is 199 g/mol. The van der Waals surface area contributed by atoms with Gasteiger partial charge in [0.1, 0.15) is 0 Å². The molecule has 0 saturated heterocycles. The summed E-state index contributed by atoms with van der Waals surface area (Å²) in [7, 11) is 0. The van der Waals surface area contributed by atoms with Gasteiger partial charge < -0.3 is 15.9 Å². The predicted octanol–water partition coefficient (Wildman–Crippen LogP) is -0.245. The van der Waals surface area contributed by atoms with Gasteiger partial charge in [-0.25, -0.2) is 0 Å². The van der Waals surface area contributed by atoms with Crippen molar-refractivity contribution in [1.82, 2.24) is 0 Å². The number of carboxylic acids is 2. The van der Waals surface area contributed by atoms with Crippen molar-refractivity contribution in [3.8, 4) is 0 Å². The van der Waals surface area contributed by atoms with Crippen LogP contribution in [0.2, 0.25) is 0 Å². The van der Waals surface area contributed by atoms with E-state index in [2.05, 4.69) is 0 Å². The summed E-state index contributed by atoms with van der Waals surface area (Å²) in [4.78, 5) is 21.8. The Morgan fingerprint density at radius 2 is 1.64 bits per heavy atom. The molecule has 2 aliphatic rings. The lowest BCUT2D eigenvalue weighted by molar-refractivity contribution is -0.156. The van der Waals surface area contributed by atoms with Crippen molar-refractivity contribution in [2.45, 2.75) is 18.9 Å².